The molecule has 1 fully saturated rings. The first-order valence-corrected chi connectivity index (χ1v) is 11.2. The van der Waals surface area contributed by atoms with E-state index in [4.69, 9.17) is 9.47 Å². The largest absolute Gasteiger partial charge is 0.390 e. The third kappa shape index (κ3) is 7.00. The summed E-state index contributed by atoms with van der Waals surface area (Å²) in [5, 5.41) is 10.6. The Labute approximate surface area is 177 Å². The van der Waals surface area contributed by atoms with E-state index >= 15 is 0 Å². The normalized spacial score (nSPS) is 24.6. The molecule has 0 amide bonds. The molecule has 0 saturated carbocycles. The van der Waals surface area contributed by atoms with Crippen LogP contribution in [0.15, 0.2) is 60.7 Å². The Hall–Kier alpha value is -1.20. The van der Waals surface area contributed by atoms with Crippen LogP contribution in [0.4, 0.5) is 0 Å². The lowest BCUT2D eigenvalue weighted by Gasteiger charge is -2.35. The first kappa shape index (κ1) is 21.5. The molecule has 1 aliphatic heterocycles. The molecular weight excluding hydrogens is 416 g/mol. The topological polar surface area (TPSA) is 38.7 Å². The lowest BCUT2D eigenvalue weighted by atomic mass is 9.95. The molecule has 0 aliphatic carbocycles. The zero-order chi connectivity index (χ0) is 19.8. The molecule has 0 aromatic heterocycles. The van der Waals surface area contributed by atoms with Crippen LogP contribution in [0.1, 0.15) is 43.7 Å². The maximum Gasteiger partial charge on any atom is 0.0824 e. The van der Waals surface area contributed by atoms with Crippen LogP contribution >= 0.6 is 15.9 Å². The maximum absolute atomic E-state index is 10.6. The first-order valence-electron chi connectivity index (χ1n) is 10.3. The van der Waals surface area contributed by atoms with Crippen molar-refractivity contribution in [1.29, 1.82) is 0 Å². The molecule has 0 spiro atoms. The van der Waals surface area contributed by atoms with Crippen molar-refractivity contribution in [3.05, 3.63) is 71.8 Å². The van der Waals surface area contributed by atoms with Crippen LogP contribution in [-0.4, -0.2) is 34.3 Å². The van der Waals surface area contributed by atoms with Crippen molar-refractivity contribution in [3.63, 3.8) is 0 Å². The average molecular weight is 447 g/mol. The SMILES string of the molecule is CC(OCc1ccccc1)C(O)C[C@@H]1CC(Br)C[C@H](CCc2ccccc2)O1. The van der Waals surface area contributed by atoms with E-state index < -0.39 is 6.10 Å². The van der Waals surface area contributed by atoms with Gasteiger partial charge in [-0.15, -0.1) is 0 Å². The van der Waals surface area contributed by atoms with Gasteiger partial charge >= 0.3 is 0 Å². The van der Waals surface area contributed by atoms with Gasteiger partial charge in [0.25, 0.3) is 0 Å². The summed E-state index contributed by atoms with van der Waals surface area (Å²) < 4.78 is 12.2. The number of ether oxygens (including phenoxy) is 2. The summed E-state index contributed by atoms with van der Waals surface area (Å²) in [6.45, 7) is 2.46. The van der Waals surface area contributed by atoms with Gasteiger partial charge in [-0.1, -0.05) is 76.6 Å². The van der Waals surface area contributed by atoms with Crippen LogP contribution < -0.4 is 0 Å². The number of hydrogen-bond acceptors (Lipinski definition) is 3. The van der Waals surface area contributed by atoms with Crippen LogP contribution in [0.5, 0.6) is 0 Å². The number of hydrogen-bond donors (Lipinski definition) is 1. The molecule has 2 aromatic carbocycles. The Kier molecular flexibility index (Phi) is 8.53. The number of rotatable bonds is 9. The highest BCUT2D eigenvalue weighted by molar-refractivity contribution is 9.09. The second-order valence-corrected chi connectivity index (χ2v) is 9.07. The van der Waals surface area contributed by atoms with Crippen LogP contribution in [0, 0.1) is 0 Å². The molecular formula is C24H31BrO3. The third-order valence-corrected chi connectivity index (χ3v) is 6.17. The summed E-state index contributed by atoms with van der Waals surface area (Å²) in [5.74, 6) is 0. The summed E-state index contributed by atoms with van der Waals surface area (Å²) in [5.41, 5.74) is 2.47. The Morgan fingerprint density at radius 1 is 1.00 bits per heavy atom. The van der Waals surface area contributed by atoms with E-state index in [1.807, 2.05) is 43.3 Å². The maximum atomic E-state index is 10.6. The van der Waals surface area contributed by atoms with Gasteiger partial charge in [-0.2, -0.15) is 0 Å². The first-order chi connectivity index (χ1) is 13.6. The Bertz CT molecular complexity index is 679. The predicted molar refractivity (Wildman–Crippen MR) is 117 cm³/mol. The van der Waals surface area contributed by atoms with Crippen molar-refractivity contribution in [2.75, 3.05) is 0 Å². The van der Waals surface area contributed by atoms with E-state index in [1.165, 1.54) is 5.56 Å². The summed E-state index contributed by atoms with van der Waals surface area (Å²) in [6.07, 6.45) is 4.16. The highest BCUT2D eigenvalue weighted by Crippen LogP contribution is 2.30. The van der Waals surface area contributed by atoms with Gasteiger partial charge in [0, 0.05) is 11.2 Å². The highest BCUT2D eigenvalue weighted by atomic mass is 79.9. The van der Waals surface area contributed by atoms with Crippen LogP contribution in [-0.2, 0) is 22.5 Å². The molecule has 3 nitrogen and oxygen atoms in total. The lowest BCUT2D eigenvalue weighted by Crippen LogP contribution is -2.38. The van der Waals surface area contributed by atoms with Crippen LogP contribution in [0.25, 0.3) is 0 Å². The summed E-state index contributed by atoms with van der Waals surface area (Å²) in [6, 6.07) is 20.6. The summed E-state index contributed by atoms with van der Waals surface area (Å²) in [4.78, 5) is 0.444. The fraction of sp³-hybridized carbons (Fsp3) is 0.500. The van der Waals surface area contributed by atoms with Crippen molar-refractivity contribution < 1.29 is 14.6 Å². The van der Waals surface area contributed by atoms with Crippen LogP contribution in [0.2, 0.25) is 0 Å². The van der Waals surface area contributed by atoms with E-state index in [2.05, 4.69) is 40.2 Å². The Morgan fingerprint density at radius 3 is 2.29 bits per heavy atom. The van der Waals surface area contributed by atoms with Gasteiger partial charge in [0.2, 0.25) is 0 Å². The molecule has 0 radical (unpaired) electrons. The molecule has 4 heteroatoms. The molecule has 152 valence electrons. The van der Waals surface area contributed by atoms with E-state index in [0.29, 0.717) is 17.9 Å². The molecule has 1 aliphatic rings. The van der Waals surface area contributed by atoms with Crippen molar-refractivity contribution >= 4 is 15.9 Å². The zero-order valence-corrected chi connectivity index (χ0v) is 18.1. The highest BCUT2D eigenvalue weighted by Gasteiger charge is 2.30. The number of benzene rings is 2. The Balaban J connectivity index is 1.44. The standard InChI is InChI=1S/C24H31BrO3/c1-18(27-17-20-10-6-3-7-11-20)24(26)16-23-15-21(25)14-22(28-23)13-12-19-8-4-2-5-9-19/h2-11,18,21-24,26H,12-17H2,1H3/t18?,21?,22-,23-,24?/m0/s1. The molecule has 3 rings (SSSR count). The molecule has 1 N–H and O–H groups in total. The number of aliphatic hydroxyl groups is 1. The molecule has 0 bridgehead atoms. The van der Waals surface area contributed by atoms with Crippen molar-refractivity contribution in [2.45, 2.75) is 74.9 Å². The van der Waals surface area contributed by atoms with Gasteiger partial charge in [0.1, 0.15) is 0 Å². The fourth-order valence-electron chi connectivity index (χ4n) is 3.73. The van der Waals surface area contributed by atoms with E-state index in [1.54, 1.807) is 0 Å². The second-order valence-electron chi connectivity index (χ2n) is 7.78. The average Bonchev–Trinajstić information content (AvgIpc) is 2.71. The van der Waals surface area contributed by atoms with Gasteiger partial charge in [-0.05, 0) is 43.7 Å². The minimum atomic E-state index is -0.527. The van der Waals surface area contributed by atoms with E-state index in [0.717, 1.165) is 31.2 Å². The van der Waals surface area contributed by atoms with E-state index in [-0.39, 0.29) is 18.3 Å². The van der Waals surface area contributed by atoms with Crippen molar-refractivity contribution in [2.24, 2.45) is 0 Å². The molecule has 28 heavy (non-hydrogen) atoms. The quantitative estimate of drug-likeness (QED) is 0.531. The van der Waals surface area contributed by atoms with Gasteiger partial charge in [-0.3, -0.25) is 0 Å². The number of aliphatic hydroxyl groups excluding tert-OH is 1. The minimum Gasteiger partial charge on any atom is -0.390 e. The van der Waals surface area contributed by atoms with Gasteiger partial charge < -0.3 is 14.6 Å². The van der Waals surface area contributed by atoms with Crippen molar-refractivity contribution in [3.8, 4) is 0 Å². The number of halogens is 1. The van der Waals surface area contributed by atoms with Gasteiger partial charge in [0.05, 0.1) is 31.0 Å². The minimum absolute atomic E-state index is 0.0664. The molecule has 1 saturated heterocycles. The molecule has 5 atom stereocenters. The fourth-order valence-corrected chi connectivity index (χ4v) is 4.57. The van der Waals surface area contributed by atoms with Crippen LogP contribution in [0.3, 0.4) is 0 Å². The number of aryl methyl sites for hydroxylation is 1. The van der Waals surface area contributed by atoms with E-state index in [9.17, 15) is 5.11 Å². The third-order valence-electron chi connectivity index (χ3n) is 5.42. The monoisotopic (exact) mass is 446 g/mol. The second kappa shape index (κ2) is 11.1. The molecule has 2 aromatic rings. The zero-order valence-electron chi connectivity index (χ0n) is 16.5. The molecule has 3 unspecified atom stereocenters. The number of alkyl halides is 1. The Morgan fingerprint density at radius 2 is 1.61 bits per heavy atom. The van der Waals surface area contributed by atoms with Crippen molar-refractivity contribution in [1.82, 2.24) is 0 Å². The smallest absolute Gasteiger partial charge is 0.0824 e. The predicted octanol–water partition coefficient (Wildman–Crippen LogP) is 5.29. The summed E-state index contributed by atoms with van der Waals surface area (Å²) in [7, 11) is 0. The van der Waals surface area contributed by atoms with Gasteiger partial charge in [-0.25, -0.2) is 0 Å². The van der Waals surface area contributed by atoms with Gasteiger partial charge in [0.15, 0.2) is 0 Å². The summed E-state index contributed by atoms with van der Waals surface area (Å²) >= 11 is 3.79. The molecule has 1 heterocycles. The lowest BCUT2D eigenvalue weighted by molar-refractivity contribution is -0.0958.